The van der Waals surface area contributed by atoms with E-state index in [2.05, 4.69) is 0 Å². The Morgan fingerprint density at radius 2 is 1.63 bits per heavy atom. The minimum atomic E-state index is -1.13. The first-order valence-corrected chi connectivity index (χ1v) is 6.03. The molecule has 0 spiro atoms. The van der Waals surface area contributed by atoms with Gasteiger partial charge >= 0.3 is 5.97 Å². The normalized spacial score (nSPS) is 13.6. The summed E-state index contributed by atoms with van der Waals surface area (Å²) < 4.78 is 5.30. The highest BCUT2D eigenvalue weighted by molar-refractivity contribution is 5.86. The van der Waals surface area contributed by atoms with Crippen LogP contribution in [0, 0.1) is 0 Å². The highest BCUT2D eigenvalue weighted by Crippen LogP contribution is 2.37. The monoisotopic (exact) mass is 256 g/mol. The lowest BCUT2D eigenvalue weighted by atomic mass is 9.76. The Kier molecular flexibility index (Phi) is 3.56. The number of para-hydroxylation sites is 1. The van der Waals surface area contributed by atoms with Crippen LogP contribution in [0.15, 0.2) is 54.6 Å². The molecule has 0 fully saturated rings. The molecular weight excluding hydrogens is 240 g/mol. The van der Waals surface area contributed by atoms with Crippen molar-refractivity contribution < 1.29 is 14.6 Å². The van der Waals surface area contributed by atoms with Gasteiger partial charge in [0.15, 0.2) is 0 Å². The Bertz CT molecular complexity index is 578. The van der Waals surface area contributed by atoms with Crippen molar-refractivity contribution in [3.05, 3.63) is 65.7 Å². The molecule has 0 aliphatic heterocycles. The molecule has 3 heteroatoms. The molecule has 1 atom stereocenters. The van der Waals surface area contributed by atoms with E-state index in [0.29, 0.717) is 11.3 Å². The molecule has 2 rings (SSSR count). The Labute approximate surface area is 112 Å². The SMILES string of the molecule is COc1ccccc1C(C)(C(=O)O)c1ccccc1. The maximum Gasteiger partial charge on any atom is 0.318 e. The molecule has 0 aromatic heterocycles. The molecule has 1 N–H and O–H groups in total. The van der Waals surface area contributed by atoms with Crippen molar-refractivity contribution in [2.75, 3.05) is 7.11 Å². The van der Waals surface area contributed by atoms with Crippen LogP contribution in [0.25, 0.3) is 0 Å². The lowest BCUT2D eigenvalue weighted by molar-refractivity contribution is -0.141. The fraction of sp³-hybridized carbons (Fsp3) is 0.188. The fourth-order valence-electron chi connectivity index (χ4n) is 2.22. The van der Waals surface area contributed by atoms with Crippen LogP contribution in [0.4, 0.5) is 0 Å². The number of ether oxygens (including phenoxy) is 1. The highest BCUT2D eigenvalue weighted by atomic mass is 16.5. The molecule has 0 bridgehead atoms. The third-order valence-electron chi connectivity index (χ3n) is 3.42. The van der Waals surface area contributed by atoms with Crippen molar-refractivity contribution in [3.63, 3.8) is 0 Å². The topological polar surface area (TPSA) is 46.5 Å². The van der Waals surface area contributed by atoms with Crippen molar-refractivity contribution in [1.82, 2.24) is 0 Å². The molecule has 0 saturated heterocycles. The Morgan fingerprint density at radius 1 is 1.05 bits per heavy atom. The Morgan fingerprint density at radius 3 is 2.21 bits per heavy atom. The van der Waals surface area contributed by atoms with Crippen LogP contribution >= 0.6 is 0 Å². The van der Waals surface area contributed by atoms with E-state index in [1.807, 2.05) is 42.5 Å². The molecule has 0 amide bonds. The van der Waals surface area contributed by atoms with E-state index in [0.717, 1.165) is 5.56 Å². The number of aliphatic carboxylic acids is 1. The summed E-state index contributed by atoms with van der Waals surface area (Å²) in [6, 6.07) is 16.4. The third kappa shape index (κ3) is 2.19. The first-order valence-electron chi connectivity index (χ1n) is 6.03. The Hall–Kier alpha value is -2.29. The van der Waals surface area contributed by atoms with Gasteiger partial charge in [-0.1, -0.05) is 48.5 Å². The van der Waals surface area contributed by atoms with Gasteiger partial charge in [0.2, 0.25) is 0 Å². The predicted molar refractivity (Wildman–Crippen MR) is 73.5 cm³/mol. The molecule has 0 radical (unpaired) electrons. The summed E-state index contributed by atoms with van der Waals surface area (Å²) in [6.45, 7) is 1.70. The first kappa shape index (κ1) is 13.1. The minimum absolute atomic E-state index is 0.580. The average Bonchev–Trinajstić information content (AvgIpc) is 2.47. The molecule has 1 unspecified atom stereocenters. The van der Waals surface area contributed by atoms with E-state index in [1.165, 1.54) is 0 Å². The number of hydrogen-bond donors (Lipinski definition) is 1. The summed E-state index contributed by atoms with van der Waals surface area (Å²) in [5, 5.41) is 9.70. The summed E-state index contributed by atoms with van der Waals surface area (Å²) in [5.74, 6) is -0.320. The molecule has 0 aliphatic carbocycles. The lowest BCUT2D eigenvalue weighted by Crippen LogP contribution is -2.34. The zero-order chi connectivity index (χ0) is 13.9. The number of methoxy groups -OCH3 is 1. The van der Waals surface area contributed by atoms with Crippen molar-refractivity contribution in [2.24, 2.45) is 0 Å². The highest BCUT2D eigenvalue weighted by Gasteiger charge is 2.39. The Balaban J connectivity index is 2.67. The van der Waals surface area contributed by atoms with Gasteiger partial charge in [0, 0.05) is 5.56 Å². The van der Waals surface area contributed by atoms with Crippen LogP contribution in [0.2, 0.25) is 0 Å². The first-order chi connectivity index (χ1) is 9.10. The molecule has 98 valence electrons. The number of carboxylic acids is 1. The number of carboxylic acid groups (broad SMARTS) is 1. The molecular formula is C16H16O3. The van der Waals surface area contributed by atoms with E-state index in [4.69, 9.17) is 4.74 Å². The van der Waals surface area contributed by atoms with Gasteiger partial charge in [0.1, 0.15) is 11.2 Å². The predicted octanol–water partition coefficient (Wildman–Crippen LogP) is 3.09. The molecule has 2 aromatic carbocycles. The number of carbonyl (C=O) groups is 1. The zero-order valence-electron chi connectivity index (χ0n) is 11.0. The van der Waals surface area contributed by atoms with Crippen LogP contribution in [0.3, 0.4) is 0 Å². The lowest BCUT2D eigenvalue weighted by Gasteiger charge is -2.27. The second kappa shape index (κ2) is 5.14. The van der Waals surface area contributed by atoms with Crippen molar-refractivity contribution >= 4 is 5.97 Å². The summed E-state index contributed by atoms with van der Waals surface area (Å²) in [5.41, 5.74) is 0.247. The second-order valence-corrected chi connectivity index (χ2v) is 4.50. The van der Waals surface area contributed by atoms with E-state index >= 15 is 0 Å². The fourth-order valence-corrected chi connectivity index (χ4v) is 2.22. The van der Waals surface area contributed by atoms with Gasteiger partial charge in [-0.05, 0) is 18.6 Å². The quantitative estimate of drug-likeness (QED) is 0.914. The molecule has 0 heterocycles. The largest absolute Gasteiger partial charge is 0.496 e. The van der Waals surface area contributed by atoms with Crippen LogP contribution in [0.1, 0.15) is 18.1 Å². The number of benzene rings is 2. The zero-order valence-corrected chi connectivity index (χ0v) is 11.0. The van der Waals surface area contributed by atoms with Crippen LogP contribution < -0.4 is 4.74 Å². The van der Waals surface area contributed by atoms with Crippen LogP contribution in [-0.4, -0.2) is 18.2 Å². The van der Waals surface area contributed by atoms with Crippen molar-refractivity contribution in [2.45, 2.75) is 12.3 Å². The molecule has 0 saturated carbocycles. The van der Waals surface area contributed by atoms with Gasteiger partial charge in [-0.15, -0.1) is 0 Å². The van der Waals surface area contributed by atoms with Gasteiger partial charge in [0.25, 0.3) is 0 Å². The van der Waals surface area contributed by atoms with E-state index < -0.39 is 11.4 Å². The molecule has 19 heavy (non-hydrogen) atoms. The van der Waals surface area contributed by atoms with Gasteiger partial charge in [0.05, 0.1) is 7.11 Å². The smallest absolute Gasteiger partial charge is 0.318 e. The van der Waals surface area contributed by atoms with Crippen LogP contribution in [0.5, 0.6) is 5.75 Å². The molecule has 0 aliphatic rings. The molecule has 3 nitrogen and oxygen atoms in total. The van der Waals surface area contributed by atoms with E-state index in [1.54, 1.807) is 26.2 Å². The number of hydrogen-bond acceptors (Lipinski definition) is 2. The van der Waals surface area contributed by atoms with E-state index in [-0.39, 0.29) is 0 Å². The maximum atomic E-state index is 11.8. The average molecular weight is 256 g/mol. The summed E-state index contributed by atoms with van der Waals surface area (Å²) >= 11 is 0. The summed E-state index contributed by atoms with van der Waals surface area (Å²) in [7, 11) is 1.55. The van der Waals surface area contributed by atoms with Gasteiger partial charge < -0.3 is 9.84 Å². The standard InChI is InChI=1S/C16H16O3/c1-16(15(17)18,12-8-4-3-5-9-12)13-10-6-7-11-14(13)19-2/h3-11H,1-2H3,(H,17,18). The maximum absolute atomic E-state index is 11.8. The van der Waals surface area contributed by atoms with Crippen molar-refractivity contribution in [1.29, 1.82) is 0 Å². The van der Waals surface area contributed by atoms with E-state index in [9.17, 15) is 9.90 Å². The van der Waals surface area contributed by atoms with Gasteiger partial charge in [-0.3, -0.25) is 4.79 Å². The van der Waals surface area contributed by atoms with Gasteiger partial charge in [-0.2, -0.15) is 0 Å². The van der Waals surface area contributed by atoms with Gasteiger partial charge in [-0.25, -0.2) is 0 Å². The summed E-state index contributed by atoms with van der Waals surface area (Å²) in [6.07, 6.45) is 0. The van der Waals surface area contributed by atoms with Crippen LogP contribution in [-0.2, 0) is 10.2 Å². The van der Waals surface area contributed by atoms with Crippen molar-refractivity contribution in [3.8, 4) is 5.75 Å². The molecule has 2 aromatic rings. The third-order valence-corrected chi connectivity index (χ3v) is 3.42. The second-order valence-electron chi connectivity index (χ2n) is 4.50. The number of rotatable bonds is 4. The summed E-state index contributed by atoms with van der Waals surface area (Å²) in [4.78, 5) is 11.8. The minimum Gasteiger partial charge on any atom is -0.496 e.